The lowest BCUT2D eigenvalue weighted by atomic mass is 10.1. The zero-order chi connectivity index (χ0) is 20.0. The van der Waals surface area contributed by atoms with Crippen LogP contribution < -0.4 is 15.6 Å². The summed E-state index contributed by atoms with van der Waals surface area (Å²) in [5, 5.41) is 11.9. The third-order valence-electron chi connectivity index (χ3n) is 5.47. The molecule has 2 aliphatic rings. The van der Waals surface area contributed by atoms with Gasteiger partial charge in [0.25, 0.3) is 0 Å². The van der Waals surface area contributed by atoms with Crippen molar-refractivity contribution in [2.45, 2.75) is 32.2 Å². The molecule has 4 rings (SSSR count). The minimum absolute atomic E-state index is 0.0153. The Morgan fingerprint density at radius 3 is 2.71 bits per heavy atom. The quantitative estimate of drug-likeness (QED) is 0.783. The van der Waals surface area contributed by atoms with Crippen LogP contribution in [0.5, 0.6) is 0 Å². The number of rotatable bonds is 6. The molecule has 1 atom stereocenters. The van der Waals surface area contributed by atoms with Crippen molar-refractivity contribution in [1.29, 1.82) is 0 Å². The van der Waals surface area contributed by atoms with Crippen molar-refractivity contribution in [3.63, 3.8) is 0 Å². The van der Waals surface area contributed by atoms with Crippen molar-refractivity contribution in [3.8, 4) is 0 Å². The smallest absolute Gasteiger partial charge is 0.341 e. The highest BCUT2D eigenvalue weighted by Gasteiger charge is 2.32. The first-order valence-electron chi connectivity index (χ1n) is 9.55. The molecule has 1 unspecified atom stereocenters. The highest BCUT2D eigenvalue weighted by molar-refractivity contribution is 5.92. The Bertz CT molecular complexity index is 1000. The number of anilines is 1. The molecule has 28 heavy (non-hydrogen) atoms. The normalized spacial score (nSPS) is 19.5. The maximum atomic E-state index is 14.9. The molecule has 1 saturated heterocycles. The predicted molar refractivity (Wildman–Crippen MR) is 100 cm³/mol. The van der Waals surface area contributed by atoms with Crippen LogP contribution in [0.3, 0.4) is 0 Å². The molecular weight excluding hydrogens is 370 g/mol. The molecule has 150 valence electrons. The summed E-state index contributed by atoms with van der Waals surface area (Å²) in [6, 6.07) is -0.0495. The van der Waals surface area contributed by atoms with E-state index < -0.39 is 34.0 Å². The van der Waals surface area contributed by atoms with E-state index in [1.54, 1.807) is 4.90 Å². The number of halogens is 2. The van der Waals surface area contributed by atoms with Gasteiger partial charge < -0.3 is 19.9 Å². The van der Waals surface area contributed by atoms with Crippen molar-refractivity contribution in [3.05, 3.63) is 33.6 Å². The minimum Gasteiger partial charge on any atom is -0.477 e. The lowest BCUT2D eigenvalue weighted by molar-refractivity contribution is 0.0695. The van der Waals surface area contributed by atoms with Crippen LogP contribution >= 0.6 is 0 Å². The van der Waals surface area contributed by atoms with Gasteiger partial charge in [-0.1, -0.05) is 6.92 Å². The van der Waals surface area contributed by atoms with Crippen molar-refractivity contribution in [2.24, 2.45) is 5.92 Å². The number of carboxylic acids is 1. The van der Waals surface area contributed by atoms with E-state index in [0.717, 1.165) is 32.4 Å². The van der Waals surface area contributed by atoms with E-state index >= 15 is 0 Å². The van der Waals surface area contributed by atoms with Crippen LogP contribution in [-0.2, 0) is 0 Å². The average molecular weight is 392 g/mol. The summed E-state index contributed by atoms with van der Waals surface area (Å²) in [5.41, 5.74) is -1.60. The minimum atomic E-state index is -1.46. The molecule has 2 aromatic heterocycles. The monoisotopic (exact) mass is 392 g/mol. The van der Waals surface area contributed by atoms with Crippen LogP contribution in [0.2, 0.25) is 0 Å². The molecule has 1 aliphatic heterocycles. The van der Waals surface area contributed by atoms with Gasteiger partial charge in [0.2, 0.25) is 11.2 Å². The van der Waals surface area contributed by atoms with Crippen LogP contribution in [0.25, 0.3) is 11.0 Å². The van der Waals surface area contributed by atoms with Gasteiger partial charge in [-0.25, -0.2) is 14.2 Å². The molecule has 9 heteroatoms. The number of hydrogen-bond donors (Lipinski definition) is 2. The van der Waals surface area contributed by atoms with Gasteiger partial charge in [-0.15, -0.1) is 0 Å². The van der Waals surface area contributed by atoms with Gasteiger partial charge in [0.15, 0.2) is 11.6 Å². The molecule has 0 radical (unpaired) electrons. The van der Waals surface area contributed by atoms with E-state index in [9.17, 15) is 23.5 Å². The van der Waals surface area contributed by atoms with Crippen LogP contribution in [-0.4, -0.2) is 46.8 Å². The van der Waals surface area contributed by atoms with Crippen molar-refractivity contribution in [1.82, 2.24) is 14.9 Å². The molecule has 0 aromatic carbocycles. The number of aromatic carboxylic acids is 1. The van der Waals surface area contributed by atoms with Gasteiger partial charge in [0, 0.05) is 25.3 Å². The summed E-state index contributed by atoms with van der Waals surface area (Å²) in [4.78, 5) is 29.9. The topological polar surface area (TPSA) is 87.5 Å². The molecule has 0 bridgehead atoms. The fourth-order valence-corrected chi connectivity index (χ4v) is 3.83. The van der Waals surface area contributed by atoms with Crippen molar-refractivity contribution < 1.29 is 18.7 Å². The second kappa shape index (κ2) is 7.12. The number of nitrogens with zero attached hydrogens (tertiary/aromatic N) is 3. The van der Waals surface area contributed by atoms with E-state index in [0.29, 0.717) is 19.0 Å². The molecule has 3 heterocycles. The van der Waals surface area contributed by atoms with Gasteiger partial charge in [-0.2, -0.15) is 4.39 Å². The van der Waals surface area contributed by atoms with Crippen LogP contribution in [0.4, 0.5) is 14.6 Å². The summed E-state index contributed by atoms with van der Waals surface area (Å²) in [7, 11) is 0. The van der Waals surface area contributed by atoms with Crippen LogP contribution in [0.1, 0.15) is 42.6 Å². The second-order valence-electron chi connectivity index (χ2n) is 7.49. The van der Waals surface area contributed by atoms with Crippen LogP contribution in [0, 0.1) is 17.6 Å². The Balaban J connectivity index is 1.83. The molecule has 1 saturated carbocycles. The molecule has 7 nitrogen and oxygen atoms in total. The van der Waals surface area contributed by atoms with E-state index in [4.69, 9.17) is 0 Å². The Labute approximate surface area is 160 Å². The van der Waals surface area contributed by atoms with Gasteiger partial charge in [0.05, 0.1) is 0 Å². The summed E-state index contributed by atoms with van der Waals surface area (Å²) in [6.45, 7) is 4.73. The van der Waals surface area contributed by atoms with Gasteiger partial charge in [-0.3, -0.25) is 4.79 Å². The van der Waals surface area contributed by atoms with E-state index in [1.807, 2.05) is 6.92 Å². The molecule has 2 aromatic rings. The molecule has 2 fully saturated rings. The van der Waals surface area contributed by atoms with E-state index in [-0.39, 0.29) is 17.5 Å². The van der Waals surface area contributed by atoms with Gasteiger partial charge >= 0.3 is 5.97 Å². The Morgan fingerprint density at radius 1 is 1.32 bits per heavy atom. The fourth-order valence-electron chi connectivity index (χ4n) is 3.83. The van der Waals surface area contributed by atoms with Crippen LogP contribution in [0.15, 0.2) is 11.0 Å². The summed E-state index contributed by atoms with van der Waals surface area (Å²) >= 11 is 0. The fraction of sp³-hybridized carbons (Fsp3) is 0.526. The first-order chi connectivity index (χ1) is 13.4. The molecular formula is C19H22F2N4O3. The number of pyridine rings is 2. The highest BCUT2D eigenvalue weighted by atomic mass is 19.2. The Kier molecular flexibility index (Phi) is 4.78. The SMILES string of the molecule is CCNCC1CCN(c2nc3c(c(F)c2F)c(=O)c(C(=O)O)cn3C2CC2)C1. The van der Waals surface area contributed by atoms with Gasteiger partial charge in [-0.05, 0) is 38.3 Å². The summed E-state index contributed by atoms with van der Waals surface area (Å²) in [6.07, 6.45) is 3.60. The molecule has 1 aliphatic carbocycles. The van der Waals surface area contributed by atoms with Gasteiger partial charge in [0.1, 0.15) is 16.6 Å². The zero-order valence-corrected chi connectivity index (χ0v) is 15.5. The zero-order valence-electron chi connectivity index (χ0n) is 15.5. The highest BCUT2D eigenvalue weighted by Crippen LogP contribution is 2.38. The Morgan fingerprint density at radius 2 is 2.07 bits per heavy atom. The summed E-state index contributed by atoms with van der Waals surface area (Å²) < 4.78 is 31.3. The largest absolute Gasteiger partial charge is 0.477 e. The predicted octanol–water partition coefficient (Wildman–Crippen LogP) is 2.14. The maximum Gasteiger partial charge on any atom is 0.341 e. The van der Waals surface area contributed by atoms with Crippen molar-refractivity contribution >= 4 is 22.8 Å². The number of fused-ring (bicyclic) bond motifs is 1. The van der Waals surface area contributed by atoms with E-state index in [1.165, 1.54) is 10.8 Å². The number of aromatic nitrogens is 2. The van der Waals surface area contributed by atoms with E-state index in [2.05, 4.69) is 10.3 Å². The number of nitrogens with one attached hydrogen (secondary N) is 1. The molecule has 2 N–H and O–H groups in total. The third-order valence-corrected chi connectivity index (χ3v) is 5.47. The first-order valence-corrected chi connectivity index (χ1v) is 9.55. The molecule has 0 spiro atoms. The second-order valence-corrected chi connectivity index (χ2v) is 7.49. The third kappa shape index (κ3) is 3.13. The van der Waals surface area contributed by atoms with Crippen molar-refractivity contribution in [2.75, 3.05) is 31.1 Å². The average Bonchev–Trinajstić information content (AvgIpc) is 3.40. The lowest BCUT2D eigenvalue weighted by Gasteiger charge is -2.20. The maximum absolute atomic E-state index is 14.9. The molecule has 0 amide bonds. The Hall–Kier alpha value is -2.55. The number of carboxylic acid groups (broad SMARTS) is 1. The standard InChI is InChI=1S/C19H22F2N4O3/c1-2-22-7-10-5-6-24(8-10)18-15(21)14(20)13-16(26)12(19(27)28)9-25(11-3-4-11)17(13)23-18/h9-11,22H,2-8H2,1H3,(H,27,28). The number of carbonyl (C=O) groups is 1. The number of hydrogen-bond acceptors (Lipinski definition) is 5. The lowest BCUT2D eigenvalue weighted by Crippen LogP contribution is -2.28. The summed E-state index contributed by atoms with van der Waals surface area (Å²) in [5.74, 6) is -3.78. The first kappa shape index (κ1) is 18.8.